The van der Waals surface area contributed by atoms with Crippen LogP contribution < -0.4 is 4.74 Å². The number of rotatable bonds is 6. The van der Waals surface area contributed by atoms with Gasteiger partial charge in [-0.05, 0) is 55.4 Å². The standard InChI is InChI=1S/C23H23F5N4O/c24-16-3-4-19(18(25)12-16)33-17-6-8-31(9-7-17)13-15-5-10-32-20(11-14-1-2-14)29-30-22(32)21(15)23(26,27)28/h3-5,10,12,14,17H,1-2,6-9,11,13H2. The van der Waals surface area contributed by atoms with Gasteiger partial charge in [-0.15, -0.1) is 10.2 Å². The van der Waals surface area contributed by atoms with E-state index in [1.807, 2.05) is 4.90 Å². The average molecular weight is 466 g/mol. The number of ether oxygens (including phenoxy) is 1. The molecule has 0 unspecified atom stereocenters. The molecule has 176 valence electrons. The maximum Gasteiger partial charge on any atom is 0.420 e. The van der Waals surface area contributed by atoms with E-state index in [0.717, 1.165) is 25.0 Å². The highest BCUT2D eigenvalue weighted by Gasteiger charge is 2.38. The van der Waals surface area contributed by atoms with E-state index in [4.69, 9.17) is 4.74 Å². The third-order valence-electron chi connectivity index (χ3n) is 6.30. The number of likely N-dealkylation sites (tertiary alicyclic amines) is 1. The summed E-state index contributed by atoms with van der Waals surface area (Å²) in [6.07, 6.45) is 0.633. The normalized spacial score (nSPS) is 18.2. The van der Waals surface area contributed by atoms with Crippen molar-refractivity contribution in [2.24, 2.45) is 5.92 Å². The van der Waals surface area contributed by atoms with E-state index in [2.05, 4.69) is 10.2 Å². The maximum absolute atomic E-state index is 14.0. The van der Waals surface area contributed by atoms with E-state index in [0.29, 0.717) is 44.1 Å². The number of benzene rings is 1. The summed E-state index contributed by atoms with van der Waals surface area (Å²) in [5, 5.41) is 7.91. The lowest BCUT2D eigenvalue weighted by molar-refractivity contribution is -0.137. The van der Waals surface area contributed by atoms with Gasteiger partial charge in [-0.1, -0.05) is 0 Å². The zero-order chi connectivity index (χ0) is 23.2. The van der Waals surface area contributed by atoms with E-state index in [-0.39, 0.29) is 29.6 Å². The van der Waals surface area contributed by atoms with Gasteiger partial charge in [0.25, 0.3) is 0 Å². The molecule has 5 nitrogen and oxygen atoms in total. The Morgan fingerprint density at radius 1 is 1.00 bits per heavy atom. The first kappa shape index (κ1) is 22.1. The van der Waals surface area contributed by atoms with Crippen molar-refractivity contribution in [1.29, 1.82) is 0 Å². The first-order valence-corrected chi connectivity index (χ1v) is 11.0. The van der Waals surface area contributed by atoms with Gasteiger partial charge in [0.05, 0.1) is 0 Å². The third-order valence-corrected chi connectivity index (χ3v) is 6.30. The van der Waals surface area contributed by atoms with Crippen LogP contribution in [0.4, 0.5) is 22.0 Å². The Hall–Kier alpha value is -2.75. The highest BCUT2D eigenvalue weighted by Crippen LogP contribution is 2.37. The number of fused-ring (bicyclic) bond motifs is 1. The Balaban J connectivity index is 1.29. The van der Waals surface area contributed by atoms with Crippen LogP contribution >= 0.6 is 0 Å². The van der Waals surface area contributed by atoms with Gasteiger partial charge in [0.1, 0.15) is 23.3 Å². The van der Waals surface area contributed by atoms with Gasteiger partial charge in [0.15, 0.2) is 17.2 Å². The molecule has 0 N–H and O–H groups in total. The fraction of sp³-hybridized carbons (Fsp3) is 0.478. The second-order valence-corrected chi connectivity index (χ2v) is 8.84. The molecule has 10 heteroatoms. The summed E-state index contributed by atoms with van der Waals surface area (Å²) in [5.41, 5.74) is -0.740. The highest BCUT2D eigenvalue weighted by molar-refractivity contribution is 5.53. The average Bonchev–Trinajstić information content (AvgIpc) is 3.49. The molecular formula is C23H23F5N4O. The van der Waals surface area contributed by atoms with Crippen molar-refractivity contribution in [3.8, 4) is 5.75 Å². The Kier molecular flexibility index (Phi) is 5.72. The highest BCUT2D eigenvalue weighted by atomic mass is 19.4. The number of pyridine rings is 1. The molecule has 1 saturated carbocycles. The lowest BCUT2D eigenvalue weighted by Crippen LogP contribution is -2.38. The minimum Gasteiger partial charge on any atom is -0.487 e. The molecule has 3 aromatic rings. The fourth-order valence-electron chi connectivity index (χ4n) is 4.38. The summed E-state index contributed by atoms with van der Waals surface area (Å²) in [6.45, 7) is 1.11. The zero-order valence-electron chi connectivity index (χ0n) is 17.8. The summed E-state index contributed by atoms with van der Waals surface area (Å²) >= 11 is 0. The Bertz CT molecular complexity index is 1150. The number of piperidine rings is 1. The van der Waals surface area contributed by atoms with Crippen molar-refractivity contribution >= 4 is 5.65 Å². The van der Waals surface area contributed by atoms with E-state index in [1.165, 1.54) is 16.5 Å². The van der Waals surface area contributed by atoms with Crippen LogP contribution in [-0.4, -0.2) is 38.7 Å². The first-order valence-electron chi connectivity index (χ1n) is 11.0. The molecule has 2 fully saturated rings. The van der Waals surface area contributed by atoms with Crippen molar-refractivity contribution < 1.29 is 26.7 Å². The van der Waals surface area contributed by atoms with Gasteiger partial charge >= 0.3 is 6.18 Å². The van der Waals surface area contributed by atoms with Crippen LogP contribution in [0.5, 0.6) is 5.75 Å². The van der Waals surface area contributed by atoms with Crippen molar-refractivity contribution in [2.45, 2.75) is 50.9 Å². The lowest BCUT2D eigenvalue weighted by Gasteiger charge is -2.32. The predicted molar refractivity (Wildman–Crippen MR) is 110 cm³/mol. The molecule has 33 heavy (non-hydrogen) atoms. The SMILES string of the molecule is Fc1ccc(OC2CCN(Cc3ccn4c(CC5CC5)nnc4c3C(F)(F)F)CC2)c(F)c1. The van der Waals surface area contributed by atoms with Gasteiger partial charge in [-0.25, -0.2) is 8.78 Å². The van der Waals surface area contributed by atoms with Gasteiger partial charge in [-0.3, -0.25) is 9.30 Å². The minimum absolute atomic E-state index is 0.0199. The van der Waals surface area contributed by atoms with Gasteiger partial charge in [0.2, 0.25) is 0 Å². The van der Waals surface area contributed by atoms with Gasteiger partial charge in [0, 0.05) is 38.3 Å². The lowest BCUT2D eigenvalue weighted by atomic mass is 10.0. The van der Waals surface area contributed by atoms with E-state index < -0.39 is 23.4 Å². The molecule has 0 radical (unpaired) electrons. The molecule has 2 aromatic heterocycles. The largest absolute Gasteiger partial charge is 0.487 e. The fourth-order valence-corrected chi connectivity index (χ4v) is 4.38. The van der Waals surface area contributed by atoms with Crippen molar-refractivity contribution in [3.63, 3.8) is 0 Å². The summed E-state index contributed by atoms with van der Waals surface area (Å²) in [6, 6.07) is 4.65. The smallest absolute Gasteiger partial charge is 0.420 e. The van der Waals surface area contributed by atoms with Crippen LogP contribution in [0.25, 0.3) is 5.65 Å². The molecule has 2 aliphatic rings. The van der Waals surface area contributed by atoms with E-state index >= 15 is 0 Å². The number of hydrogen-bond donors (Lipinski definition) is 0. The molecule has 0 amide bonds. The van der Waals surface area contributed by atoms with E-state index in [9.17, 15) is 22.0 Å². The van der Waals surface area contributed by atoms with Crippen LogP contribution in [-0.2, 0) is 19.1 Å². The minimum atomic E-state index is -4.55. The molecule has 1 aromatic carbocycles. The zero-order valence-corrected chi connectivity index (χ0v) is 17.8. The Morgan fingerprint density at radius 3 is 2.42 bits per heavy atom. The van der Waals surface area contributed by atoms with Crippen molar-refractivity contribution in [1.82, 2.24) is 19.5 Å². The number of hydrogen-bond acceptors (Lipinski definition) is 4. The van der Waals surface area contributed by atoms with Crippen molar-refractivity contribution in [2.75, 3.05) is 13.1 Å². The molecular weight excluding hydrogens is 443 g/mol. The summed E-state index contributed by atoms with van der Waals surface area (Å²) in [5.74, 6) is -0.420. The van der Waals surface area contributed by atoms with Crippen LogP contribution in [0.15, 0.2) is 30.5 Å². The van der Waals surface area contributed by atoms with Gasteiger partial charge in [-0.2, -0.15) is 13.2 Å². The summed E-state index contributed by atoms with van der Waals surface area (Å²) in [7, 11) is 0. The van der Waals surface area contributed by atoms with E-state index in [1.54, 1.807) is 6.20 Å². The molecule has 3 heterocycles. The first-order chi connectivity index (χ1) is 15.8. The molecule has 5 rings (SSSR count). The topological polar surface area (TPSA) is 42.7 Å². The molecule has 1 saturated heterocycles. The van der Waals surface area contributed by atoms with Crippen molar-refractivity contribution in [3.05, 3.63) is 59.0 Å². The summed E-state index contributed by atoms with van der Waals surface area (Å²) in [4.78, 5) is 1.92. The second-order valence-electron chi connectivity index (χ2n) is 8.84. The predicted octanol–water partition coefficient (Wildman–Crippen LogP) is 5.02. The molecule has 1 aliphatic heterocycles. The number of nitrogens with zero attached hydrogens (tertiary/aromatic N) is 4. The second kappa shape index (κ2) is 8.55. The molecule has 0 spiro atoms. The molecule has 0 bridgehead atoms. The van der Waals surface area contributed by atoms with Crippen LogP contribution in [0, 0.1) is 17.6 Å². The number of halogens is 5. The van der Waals surface area contributed by atoms with Crippen LogP contribution in [0.1, 0.15) is 42.6 Å². The van der Waals surface area contributed by atoms with Crippen LogP contribution in [0.3, 0.4) is 0 Å². The third kappa shape index (κ3) is 4.80. The molecule has 0 atom stereocenters. The quantitative estimate of drug-likeness (QED) is 0.479. The Labute approximate surface area is 187 Å². The van der Waals surface area contributed by atoms with Crippen LogP contribution in [0.2, 0.25) is 0 Å². The number of aromatic nitrogens is 3. The number of alkyl halides is 3. The monoisotopic (exact) mass is 466 g/mol. The summed E-state index contributed by atoms with van der Waals surface area (Å²) < 4.78 is 76.0. The van der Waals surface area contributed by atoms with Gasteiger partial charge < -0.3 is 4.74 Å². The Morgan fingerprint density at radius 2 is 1.76 bits per heavy atom. The molecule has 1 aliphatic carbocycles. The maximum atomic E-state index is 14.0.